The molecule has 0 fully saturated rings. The van der Waals surface area contributed by atoms with Crippen LogP contribution in [-0.4, -0.2) is 5.75 Å². The summed E-state index contributed by atoms with van der Waals surface area (Å²) in [5.41, 5.74) is 0. The van der Waals surface area contributed by atoms with Gasteiger partial charge in [0.2, 0.25) is 0 Å². The molecule has 0 nitrogen and oxygen atoms in total. The second-order valence-corrected chi connectivity index (χ2v) is 2.66. The molecule has 0 aromatic carbocycles. The van der Waals surface area contributed by atoms with E-state index in [-0.39, 0.29) is 0 Å². The minimum absolute atomic E-state index is 1.16. The van der Waals surface area contributed by atoms with Crippen molar-refractivity contribution in [2.45, 2.75) is 26.7 Å². The molecule has 0 aliphatic carbocycles. The monoisotopic (exact) mass is 130 g/mol. The van der Waals surface area contributed by atoms with Gasteiger partial charge in [-0.2, -0.15) is 0 Å². The zero-order valence-electron chi connectivity index (χ0n) is 5.68. The first-order valence-corrected chi connectivity index (χ1v) is 4.23. The topological polar surface area (TPSA) is 0 Å². The molecule has 0 saturated heterocycles. The van der Waals surface area contributed by atoms with E-state index in [1.165, 1.54) is 12.2 Å². The molecular weight excluding hydrogens is 116 g/mol. The molecule has 0 bridgehead atoms. The van der Waals surface area contributed by atoms with E-state index < -0.39 is 0 Å². The summed E-state index contributed by atoms with van der Waals surface area (Å²) in [6.07, 6.45) is 4.63. The van der Waals surface area contributed by atoms with E-state index in [0.29, 0.717) is 0 Å². The Labute approximate surface area is 56.4 Å². The Bertz CT molecular complexity index is 57.4. The van der Waals surface area contributed by atoms with Gasteiger partial charge in [-0.15, -0.1) is 11.8 Å². The number of hydrogen-bond acceptors (Lipinski definition) is 1. The van der Waals surface area contributed by atoms with Gasteiger partial charge in [-0.25, -0.2) is 0 Å². The number of allylic oxidation sites excluding steroid dienone is 1. The fourth-order valence-corrected chi connectivity index (χ4v) is 1.05. The van der Waals surface area contributed by atoms with Gasteiger partial charge in [-0.1, -0.05) is 19.9 Å². The molecule has 1 heteroatoms. The first-order valence-electron chi connectivity index (χ1n) is 3.18. The molecule has 0 rings (SSSR count). The van der Waals surface area contributed by atoms with Crippen molar-refractivity contribution in [1.82, 2.24) is 0 Å². The molecule has 0 saturated carbocycles. The molecule has 0 aliphatic rings. The SMILES string of the molecule is CCC=CSCCC. The van der Waals surface area contributed by atoms with Crippen LogP contribution in [0.2, 0.25) is 0 Å². The number of thioether (sulfide) groups is 1. The van der Waals surface area contributed by atoms with Crippen LogP contribution in [0.15, 0.2) is 11.5 Å². The Morgan fingerprint density at radius 1 is 1.38 bits per heavy atom. The highest BCUT2D eigenvalue weighted by Gasteiger charge is 1.74. The molecule has 0 unspecified atom stereocenters. The van der Waals surface area contributed by atoms with Crippen molar-refractivity contribution in [2.24, 2.45) is 0 Å². The molecule has 0 spiro atoms. The van der Waals surface area contributed by atoms with Crippen molar-refractivity contribution < 1.29 is 0 Å². The minimum Gasteiger partial charge on any atom is -0.134 e. The van der Waals surface area contributed by atoms with E-state index in [0.717, 1.165) is 6.42 Å². The van der Waals surface area contributed by atoms with Crippen LogP contribution in [0, 0.1) is 0 Å². The Hall–Kier alpha value is 0.0900. The van der Waals surface area contributed by atoms with Crippen molar-refractivity contribution in [3.8, 4) is 0 Å². The van der Waals surface area contributed by atoms with Crippen LogP contribution in [0.3, 0.4) is 0 Å². The average Bonchev–Trinajstić information content (AvgIpc) is 1.81. The highest BCUT2D eigenvalue weighted by atomic mass is 32.2. The number of rotatable bonds is 4. The lowest BCUT2D eigenvalue weighted by Gasteiger charge is -1.85. The predicted octanol–water partition coefficient (Wildman–Crippen LogP) is 3.05. The second-order valence-electron chi connectivity index (χ2n) is 1.65. The normalized spacial score (nSPS) is 10.8. The summed E-state index contributed by atoms with van der Waals surface area (Å²) in [6.45, 7) is 4.36. The van der Waals surface area contributed by atoms with Crippen molar-refractivity contribution in [1.29, 1.82) is 0 Å². The lowest BCUT2D eigenvalue weighted by molar-refractivity contribution is 1.11. The van der Waals surface area contributed by atoms with Crippen LogP contribution in [-0.2, 0) is 0 Å². The number of hydrogen-bond donors (Lipinski definition) is 0. The zero-order valence-corrected chi connectivity index (χ0v) is 6.50. The predicted molar refractivity (Wildman–Crippen MR) is 42.2 cm³/mol. The minimum atomic E-state index is 1.16. The van der Waals surface area contributed by atoms with Gasteiger partial charge in [0.05, 0.1) is 0 Å². The third-order valence-electron chi connectivity index (χ3n) is 0.750. The summed E-state index contributed by atoms with van der Waals surface area (Å²) in [5, 5.41) is 2.18. The van der Waals surface area contributed by atoms with Crippen LogP contribution >= 0.6 is 11.8 Å². The third kappa shape index (κ3) is 6.09. The van der Waals surface area contributed by atoms with Crippen LogP contribution in [0.5, 0.6) is 0 Å². The first-order chi connectivity index (χ1) is 3.91. The zero-order chi connectivity index (χ0) is 6.24. The highest BCUT2D eigenvalue weighted by molar-refractivity contribution is 8.02. The second kappa shape index (κ2) is 7.09. The maximum absolute atomic E-state index is 2.20. The lowest BCUT2D eigenvalue weighted by Crippen LogP contribution is -1.65. The summed E-state index contributed by atoms with van der Waals surface area (Å²) in [6, 6.07) is 0. The smallest absolute Gasteiger partial charge is 0.00287 e. The summed E-state index contributed by atoms with van der Waals surface area (Å²) in [4.78, 5) is 0. The van der Waals surface area contributed by atoms with Crippen LogP contribution in [0.25, 0.3) is 0 Å². The fraction of sp³-hybridized carbons (Fsp3) is 0.714. The van der Waals surface area contributed by atoms with E-state index >= 15 is 0 Å². The van der Waals surface area contributed by atoms with Crippen molar-refractivity contribution in [3.05, 3.63) is 11.5 Å². The molecule has 0 aromatic heterocycles. The van der Waals surface area contributed by atoms with Gasteiger partial charge < -0.3 is 0 Å². The summed E-state index contributed by atoms with van der Waals surface area (Å²) in [5.74, 6) is 1.26. The molecule has 8 heavy (non-hydrogen) atoms. The Kier molecular flexibility index (Phi) is 7.17. The highest BCUT2D eigenvalue weighted by Crippen LogP contribution is 2.03. The van der Waals surface area contributed by atoms with E-state index in [4.69, 9.17) is 0 Å². The van der Waals surface area contributed by atoms with Gasteiger partial charge in [0.15, 0.2) is 0 Å². The summed E-state index contributed by atoms with van der Waals surface area (Å²) >= 11 is 1.90. The van der Waals surface area contributed by atoms with Crippen LogP contribution in [0.4, 0.5) is 0 Å². The van der Waals surface area contributed by atoms with Crippen LogP contribution in [0.1, 0.15) is 26.7 Å². The van der Waals surface area contributed by atoms with Crippen molar-refractivity contribution >= 4 is 11.8 Å². The molecule has 0 radical (unpaired) electrons. The Morgan fingerprint density at radius 2 is 2.12 bits per heavy atom. The molecule has 0 aliphatic heterocycles. The van der Waals surface area contributed by atoms with Crippen molar-refractivity contribution in [3.63, 3.8) is 0 Å². The fourth-order valence-electron chi connectivity index (χ4n) is 0.350. The molecule has 0 atom stereocenters. The molecule has 0 N–H and O–H groups in total. The molecule has 0 aromatic rings. The molecule has 0 amide bonds. The van der Waals surface area contributed by atoms with Gasteiger partial charge in [-0.05, 0) is 24.0 Å². The van der Waals surface area contributed by atoms with Gasteiger partial charge in [-0.3, -0.25) is 0 Å². The third-order valence-corrected chi connectivity index (χ3v) is 1.78. The maximum Gasteiger partial charge on any atom is -0.00287 e. The van der Waals surface area contributed by atoms with E-state index in [1.807, 2.05) is 11.8 Å². The van der Waals surface area contributed by atoms with Crippen LogP contribution < -0.4 is 0 Å². The van der Waals surface area contributed by atoms with Gasteiger partial charge >= 0.3 is 0 Å². The lowest BCUT2D eigenvalue weighted by atomic mass is 10.5. The molecular formula is C7H14S. The Morgan fingerprint density at radius 3 is 2.62 bits per heavy atom. The Balaban J connectivity index is 2.80. The average molecular weight is 130 g/mol. The standard InChI is InChI=1S/C7H14S/c1-3-5-7-8-6-4-2/h5,7H,3-4,6H2,1-2H3. The van der Waals surface area contributed by atoms with Gasteiger partial charge in [0.1, 0.15) is 0 Å². The first kappa shape index (κ1) is 8.09. The van der Waals surface area contributed by atoms with E-state index in [1.54, 1.807) is 0 Å². The maximum atomic E-state index is 2.20. The van der Waals surface area contributed by atoms with Gasteiger partial charge in [0.25, 0.3) is 0 Å². The van der Waals surface area contributed by atoms with E-state index in [2.05, 4.69) is 25.3 Å². The quantitative estimate of drug-likeness (QED) is 0.527. The summed E-state index contributed by atoms with van der Waals surface area (Å²) < 4.78 is 0. The van der Waals surface area contributed by atoms with Crippen molar-refractivity contribution in [2.75, 3.05) is 5.75 Å². The van der Waals surface area contributed by atoms with Gasteiger partial charge in [0, 0.05) is 0 Å². The largest absolute Gasteiger partial charge is 0.134 e. The molecule has 48 valence electrons. The summed E-state index contributed by atoms with van der Waals surface area (Å²) in [7, 11) is 0. The van der Waals surface area contributed by atoms with E-state index in [9.17, 15) is 0 Å². The molecule has 0 heterocycles.